The van der Waals surface area contributed by atoms with Crippen molar-refractivity contribution in [1.29, 1.82) is 0 Å². The first kappa shape index (κ1) is 13.5. The highest BCUT2D eigenvalue weighted by molar-refractivity contribution is 7.23. The smallest absolute Gasteiger partial charge is 0.202 e. The Morgan fingerprint density at radius 1 is 0.727 bits per heavy atom. The highest BCUT2D eigenvalue weighted by atomic mass is 32.1. The van der Waals surface area contributed by atoms with Gasteiger partial charge >= 0.3 is 0 Å². The average molecular weight is 326 g/mol. The fourth-order valence-electron chi connectivity index (χ4n) is 2.28. The van der Waals surface area contributed by atoms with Crippen LogP contribution in [0, 0.1) is 13.8 Å². The fourth-order valence-corrected chi connectivity index (χ4v) is 4.11. The molecule has 0 radical (unpaired) electrons. The van der Waals surface area contributed by atoms with E-state index in [9.17, 15) is 0 Å². The lowest BCUT2D eigenvalue weighted by atomic mass is 10.2. The molecule has 6 heteroatoms. The molecule has 0 bridgehead atoms. The summed E-state index contributed by atoms with van der Waals surface area (Å²) in [5, 5.41) is 1.69. The number of aromatic nitrogens is 2. The van der Waals surface area contributed by atoms with Crippen molar-refractivity contribution in [3.05, 3.63) is 47.5 Å². The van der Waals surface area contributed by atoms with Crippen LogP contribution in [0.1, 0.15) is 11.1 Å². The molecule has 0 saturated heterocycles. The number of aryl methyl sites for hydroxylation is 2. The Morgan fingerprint density at radius 3 is 1.64 bits per heavy atom. The van der Waals surface area contributed by atoms with Crippen molar-refractivity contribution in [2.45, 2.75) is 13.8 Å². The summed E-state index contributed by atoms with van der Waals surface area (Å²) < 4.78 is 2.37. The molecule has 0 fully saturated rings. The molecule has 0 saturated carbocycles. The van der Waals surface area contributed by atoms with Crippen LogP contribution in [0.15, 0.2) is 36.4 Å². The number of fused-ring (bicyclic) bond motifs is 2. The third-order valence-corrected chi connectivity index (χ3v) is 5.23. The first-order valence-electron chi connectivity index (χ1n) is 6.94. The third-order valence-electron chi connectivity index (χ3n) is 3.36. The second-order valence-electron chi connectivity index (χ2n) is 5.23. The largest absolute Gasteiger partial charge is 0.274 e. The lowest BCUT2D eigenvalue weighted by Gasteiger charge is -2.01. The summed E-state index contributed by atoms with van der Waals surface area (Å²) in [4.78, 5) is 9.12. The van der Waals surface area contributed by atoms with Gasteiger partial charge in [-0.25, -0.2) is 9.97 Å². The quantitative estimate of drug-likeness (QED) is 0.522. The number of rotatable bonds is 3. The molecule has 4 rings (SSSR count). The van der Waals surface area contributed by atoms with Crippen LogP contribution in [-0.4, -0.2) is 9.97 Å². The second-order valence-corrected chi connectivity index (χ2v) is 7.29. The van der Waals surface area contributed by atoms with E-state index in [2.05, 4.69) is 58.9 Å². The molecule has 0 aliphatic rings. The zero-order valence-electron chi connectivity index (χ0n) is 12.2. The number of hydrazine groups is 1. The van der Waals surface area contributed by atoms with Crippen molar-refractivity contribution in [3.8, 4) is 0 Å². The molecule has 4 aromatic rings. The molecular weight excluding hydrogens is 312 g/mol. The number of anilines is 2. The van der Waals surface area contributed by atoms with E-state index in [0.29, 0.717) is 0 Å². The minimum absolute atomic E-state index is 0.844. The molecule has 0 spiro atoms. The molecule has 2 heterocycles. The molecule has 22 heavy (non-hydrogen) atoms. The Labute approximate surface area is 135 Å². The zero-order chi connectivity index (χ0) is 15.1. The topological polar surface area (TPSA) is 49.8 Å². The number of benzene rings is 2. The van der Waals surface area contributed by atoms with E-state index < -0.39 is 0 Å². The van der Waals surface area contributed by atoms with Gasteiger partial charge in [0.1, 0.15) is 0 Å². The molecule has 2 aromatic carbocycles. The second kappa shape index (κ2) is 5.23. The van der Waals surface area contributed by atoms with Crippen LogP contribution in [-0.2, 0) is 0 Å². The van der Waals surface area contributed by atoms with Crippen LogP contribution in [0.3, 0.4) is 0 Å². The molecule has 4 nitrogen and oxygen atoms in total. The normalized spacial score (nSPS) is 11.2. The summed E-state index contributed by atoms with van der Waals surface area (Å²) >= 11 is 3.26. The third kappa shape index (κ3) is 2.51. The summed E-state index contributed by atoms with van der Waals surface area (Å²) in [7, 11) is 0. The molecule has 2 N–H and O–H groups in total. The SMILES string of the molecule is Cc1ccc2nc(NNc3nc4ccc(C)cc4s3)sc2c1. The van der Waals surface area contributed by atoms with Crippen molar-refractivity contribution in [3.63, 3.8) is 0 Å². The van der Waals surface area contributed by atoms with Crippen LogP contribution in [0.5, 0.6) is 0 Å². The van der Waals surface area contributed by atoms with Gasteiger partial charge in [-0.3, -0.25) is 10.9 Å². The molecule has 0 aliphatic heterocycles. The van der Waals surface area contributed by atoms with Crippen molar-refractivity contribution in [2.24, 2.45) is 0 Å². The van der Waals surface area contributed by atoms with Crippen molar-refractivity contribution in [2.75, 3.05) is 10.9 Å². The average Bonchev–Trinajstić information content (AvgIpc) is 3.07. The lowest BCUT2D eigenvalue weighted by molar-refractivity contribution is 1.33. The Balaban J connectivity index is 1.56. The van der Waals surface area contributed by atoms with Crippen LogP contribution in [0.4, 0.5) is 10.3 Å². The highest BCUT2D eigenvalue weighted by Crippen LogP contribution is 2.29. The fraction of sp³-hybridized carbons (Fsp3) is 0.125. The number of nitrogens with zero attached hydrogens (tertiary/aromatic N) is 2. The first-order chi connectivity index (χ1) is 10.7. The number of thiazole rings is 2. The summed E-state index contributed by atoms with van der Waals surface area (Å²) in [6.45, 7) is 4.18. The standard InChI is InChI=1S/C16H14N4S2/c1-9-3-5-11-13(7-9)21-15(17-11)19-20-16-18-12-6-4-10(2)8-14(12)22-16/h3-8H,1-2H3,(H,17,19)(H,18,20). The Morgan fingerprint density at radius 2 is 1.18 bits per heavy atom. The van der Waals surface area contributed by atoms with E-state index in [1.165, 1.54) is 20.5 Å². The van der Waals surface area contributed by atoms with Gasteiger partial charge in [0.2, 0.25) is 10.3 Å². The van der Waals surface area contributed by atoms with Gasteiger partial charge in [-0.1, -0.05) is 34.8 Å². The van der Waals surface area contributed by atoms with Crippen molar-refractivity contribution in [1.82, 2.24) is 9.97 Å². The van der Waals surface area contributed by atoms with Gasteiger partial charge in [-0.2, -0.15) is 0 Å². The van der Waals surface area contributed by atoms with Crippen LogP contribution in [0.2, 0.25) is 0 Å². The van der Waals surface area contributed by atoms with Crippen molar-refractivity contribution < 1.29 is 0 Å². The Kier molecular flexibility index (Phi) is 3.20. The van der Waals surface area contributed by atoms with Gasteiger partial charge in [0.25, 0.3) is 0 Å². The first-order valence-corrected chi connectivity index (χ1v) is 8.57. The lowest BCUT2D eigenvalue weighted by Crippen LogP contribution is -2.07. The summed E-state index contributed by atoms with van der Waals surface area (Å²) in [6.07, 6.45) is 0. The van der Waals surface area contributed by atoms with E-state index in [4.69, 9.17) is 0 Å². The van der Waals surface area contributed by atoms with Gasteiger partial charge in [0.15, 0.2) is 0 Å². The maximum Gasteiger partial charge on any atom is 0.202 e. The Bertz CT molecular complexity index is 891. The van der Waals surface area contributed by atoms with Gasteiger partial charge in [0, 0.05) is 0 Å². The number of nitrogens with one attached hydrogen (secondary N) is 2. The van der Waals surface area contributed by atoms with Gasteiger partial charge in [0.05, 0.1) is 20.4 Å². The minimum atomic E-state index is 0.844. The van der Waals surface area contributed by atoms with Crippen LogP contribution >= 0.6 is 22.7 Å². The summed E-state index contributed by atoms with van der Waals surface area (Å²) in [6, 6.07) is 12.6. The molecule has 0 atom stereocenters. The van der Waals surface area contributed by atoms with Crippen molar-refractivity contribution >= 4 is 53.4 Å². The Hall–Kier alpha value is -2.18. The molecule has 0 unspecified atom stereocenters. The molecule has 110 valence electrons. The van der Waals surface area contributed by atoms with Gasteiger partial charge < -0.3 is 0 Å². The summed E-state index contributed by atoms with van der Waals surface area (Å²) in [5.41, 5.74) is 10.8. The van der Waals surface area contributed by atoms with Crippen LogP contribution in [0.25, 0.3) is 20.4 Å². The zero-order valence-corrected chi connectivity index (χ0v) is 13.8. The van der Waals surface area contributed by atoms with E-state index in [0.717, 1.165) is 21.3 Å². The highest BCUT2D eigenvalue weighted by Gasteiger charge is 2.06. The number of hydrogen-bond donors (Lipinski definition) is 2. The van der Waals surface area contributed by atoms with E-state index in [1.54, 1.807) is 22.7 Å². The maximum absolute atomic E-state index is 4.56. The van der Waals surface area contributed by atoms with E-state index in [-0.39, 0.29) is 0 Å². The molecule has 0 amide bonds. The van der Waals surface area contributed by atoms with Gasteiger partial charge in [-0.05, 0) is 49.2 Å². The number of hydrogen-bond acceptors (Lipinski definition) is 6. The predicted octanol–water partition coefficient (Wildman–Crippen LogP) is 4.96. The predicted molar refractivity (Wildman–Crippen MR) is 96.0 cm³/mol. The molecule has 2 aromatic heterocycles. The van der Waals surface area contributed by atoms with Gasteiger partial charge in [-0.15, -0.1) is 0 Å². The van der Waals surface area contributed by atoms with E-state index in [1.807, 2.05) is 12.1 Å². The van der Waals surface area contributed by atoms with Crippen LogP contribution < -0.4 is 10.9 Å². The maximum atomic E-state index is 4.56. The molecular formula is C16H14N4S2. The molecule has 0 aliphatic carbocycles. The minimum Gasteiger partial charge on any atom is -0.274 e. The summed E-state index contributed by atoms with van der Waals surface area (Å²) in [5.74, 6) is 0. The van der Waals surface area contributed by atoms with E-state index >= 15 is 0 Å². The monoisotopic (exact) mass is 326 g/mol.